The predicted octanol–water partition coefficient (Wildman–Crippen LogP) is -0.172. The minimum absolute atomic E-state index is 0.311. The van der Waals surface area contributed by atoms with E-state index in [1.807, 2.05) is 6.92 Å². The van der Waals surface area contributed by atoms with Crippen LogP contribution in [0.2, 0.25) is 0 Å². The maximum atomic E-state index is 11.4. The molecule has 0 atom stereocenters. The molecule has 0 radical (unpaired) electrons. The molecule has 3 N–H and O–H groups in total. The molecule has 0 aromatic rings. The van der Waals surface area contributed by atoms with Crippen molar-refractivity contribution in [3.63, 3.8) is 0 Å². The van der Waals surface area contributed by atoms with E-state index in [1.165, 1.54) is 0 Å². The van der Waals surface area contributed by atoms with E-state index >= 15 is 0 Å². The van der Waals surface area contributed by atoms with Crippen LogP contribution >= 0.6 is 0 Å². The van der Waals surface area contributed by atoms with Crippen LogP contribution in [0.4, 0.5) is 0 Å². The fourth-order valence-electron chi connectivity index (χ4n) is 1.42. The summed E-state index contributed by atoms with van der Waals surface area (Å²) in [5.74, 6) is -1.10. The molecule has 88 valence electrons. The summed E-state index contributed by atoms with van der Waals surface area (Å²) >= 11 is 0. The summed E-state index contributed by atoms with van der Waals surface area (Å²) in [5, 5.41) is 8.92. The van der Waals surface area contributed by atoms with E-state index in [0.717, 1.165) is 6.42 Å². The number of hydrogen-bond donors (Lipinski definition) is 3. The lowest BCUT2D eigenvalue weighted by Crippen LogP contribution is -2.61. The quantitative estimate of drug-likeness (QED) is 0.596. The van der Waals surface area contributed by atoms with Gasteiger partial charge in [-0.25, -0.2) is 4.72 Å². The fourth-order valence-corrected chi connectivity index (χ4v) is 2.77. The van der Waals surface area contributed by atoms with Crippen LogP contribution in [-0.2, 0) is 15.0 Å². The molecule has 1 fully saturated rings. The molecular weight excluding hydrogens is 220 g/mol. The second kappa shape index (κ2) is 4.46. The summed E-state index contributed by atoms with van der Waals surface area (Å²) in [6.07, 6.45) is 2.12. The van der Waals surface area contributed by atoms with Gasteiger partial charge in [-0.15, -0.1) is 0 Å². The van der Waals surface area contributed by atoms with Crippen molar-refractivity contribution in [3.8, 4) is 0 Å². The Morgan fingerprint density at radius 3 is 2.40 bits per heavy atom. The summed E-state index contributed by atoms with van der Waals surface area (Å²) in [4.78, 5) is 10.9. The minimum Gasteiger partial charge on any atom is -0.480 e. The van der Waals surface area contributed by atoms with Crippen LogP contribution in [0.5, 0.6) is 0 Å². The van der Waals surface area contributed by atoms with Gasteiger partial charge in [0.15, 0.2) is 0 Å². The molecule has 7 heteroatoms. The summed E-state index contributed by atoms with van der Waals surface area (Å²) in [6, 6.07) is 0. The Bertz CT molecular complexity index is 335. The zero-order chi connectivity index (χ0) is 11.5. The Balaban J connectivity index is 2.63. The summed E-state index contributed by atoms with van der Waals surface area (Å²) in [5.41, 5.74) is -1.28. The molecule has 1 saturated carbocycles. The van der Waals surface area contributed by atoms with Gasteiger partial charge in [-0.1, -0.05) is 6.92 Å². The largest absolute Gasteiger partial charge is 0.480 e. The summed E-state index contributed by atoms with van der Waals surface area (Å²) in [7, 11) is -3.69. The SMILES string of the molecule is CCCNS(=O)(=O)NC1(C(=O)O)CCC1. The monoisotopic (exact) mass is 236 g/mol. The van der Waals surface area contributed by atoms with Gasteiger partial charge < -0.3 is 5.11 Å². The average molecular weight is 236 g/mol. The molecule has 1 aliphatic carbocycles. The van der Waals surface area contributed by atoms with E-state index in [0.29, 0.717) is 25.8 Å². The van der Waals surface area contributed by atoms with E-state index in [4.69, 9.17) is 5.11 Å². The Morgan fingerprint density at radius 2 is 2.07 bits per heavy atom. The van der Waals surface area contributed by atoms with Crippen molar-refractivity contribution in [2.75, 3.05) is 6.54 Å². The second-order valence-corrected chi connectivity index (χ2v) is 5.24. The van der Waals surface area contributed by atoms with E-state index in [-0.39, 0.29) is 0 Å². The predicted molar refractivity (Wildman–Crippen MR) is 54.6 cm³/mol. The van der Waals surface area contributed by atoms with E-state index in [2.05, 4.69) is 9.44 Å². The van der Waals surface area contributed by atoms with Gasteiger partial charge in [0.2, 0.25) is 0 Å². The number of carboxylic acid groups (broad SMARTS) is 1. The van der Waals surface area contributed by atoms with Crippen molar-refractivity contribution in [1.82, 2.24) is 9.44 Å². The highest BCUT2D eigenvalue weighted by Gasteiger charge is 2.47. The Hall–Kier alpha value is -0.660. The van der Waals surface area contributed by atoms with Crippen molar-refractivity contribution in [2.45, 2.75) is 38.1 Å². The van der Waals surface area contributed by atoms with Crippen LogP contribution in [0.1, 0.15) is 32.6 Å². The van der Waals surface area contributed by atoms with Crippen molar-refractivity contribution >= 4 is 16.2 Å². The third kappa shape index (κ3) is 2.90. The van der Waals surface area contributed by atoms with Gasteiger partial charge in [-0.3, -0.25) is 4.79 Å². The molecule has 0 aliphatic heterocycles. The van der Waals surface area contributed by atoms with Crippen molar-refractivity contribution in [1.29, 1.82) is 0 Å². The van der Waals surface area contributed by atoms with Gasteiger partial charge in [0, 0.05) is 6.54 Å². The van der Waals surface area contributed by atoms with Crippen LogP contribution in [0.15, 0.2) is 0 Å². The van der Waals surface area contributed by atoms with Crippen LogP contribution in [0, 0.1) is 0 Å². The molecule has 0 unspecified atom stereocenters. The number of rotatable bonds is 6. The first kappa shape index (κ1) is 12.4. The Labute approximate surface area is 89.2 Å². The molecule has 1 aliphatic rings. The van der Waals surface area contributed by atoms with Crippen molar-refractivity contribution < 1.29 is 18.3 Å². The molecule has 0 saturated heterocycles. The molecular formula is C8H16N2O4S. The van der Waals surface area contributed by atoms with Gasteiger partial charge in [-0.05, 0) is 25.7 Å². The second-order valence-electron chi connectivity index (χ2n) is 3.74. The normalized spacial score (nSPS) is 19.5. The highest BCUT2D eigenvalue weighted by Crippen LogP contribution is 2.32. The number of nitrogens with one attached hydrogen (secondary N) is 2. The molecule has 0 bridgehead atoms. The maximum absolute atomic E-state index is 11.4. The highest BCUT2D eigenvalue weighted by atomic mass is 32.2. The molecule has 0 heterocycles. The number of hydrogen-bond acceptors (Lipinski definition) is 3. The van der Waals surface area contributed by atoms with Crippen LogP contribution in [0.3, 0.4) is 0 Å². The van der Waals surface area contributed by atoms with Gasteiger partial charge in [0.05, 0.1) is 0 Å². The molecule has 15 heavy (non-hydrogen) atoms. The van der Waals surface area contributed by atoms with Gasteiger partial charge in [-0.2, -0.15) is 13.1 Å². The van der Waals surface area contributed by atoms with Crippen molar-refractivity contribution in [3.05, 3.63) is 0 Å². The summed E-state index contributed by atoms with van der Waals surface area (Å²) in [6.45, 7) is 2.14. The van der Waals surface area contributed by atoms with E-state index in [9.17, 15) is 13.2 Å². The first-order valence-electron chi connectivity index (χ1n) is 4.94. The lowest BCUT2D eigenvalue weighted by atomic mass is 9.78. The first-order chi connectivity index (χ1) is 6.92. The van der Waals surface area contributed by atoms with Gasteiger partial charge in [0.1, 0.15) is 5.54 Å². The topological polar surface area (TPSA) is 95.5 Å². The zero-order valence-electron chi connectivity index (χ0n) is 8.62. The number of carbonyl (C=O) groups is 1. The van der Waals surface area contributed by atoms with Gasteiger partial charge in [0.25, 0.3) is 10.2 Å². The molecule has 0 amide bonds. The number of carboxylic acids is 1. The Morgan fingerprint density at radius 1 is 1.47 bits per heavy atom. The molecule has 6 nitrogen and oxygen atoms in total. The van der Waals surface area contributed by atoms with E-state index in [1.54, 1.807) is 0 Å². The standard InChI is InChI=1S/C8H16N2O4S/c1-2-6-9-15(13,14)10-8(7(11)12)4-3-5-8/h9-10H,2-6H2,1H3,(H,11,12). The first-order valence-corrected chi connectivity index (χ1v) is 6.42. The maximum Gasteiger partial charge on any atom is 0.324 e. The molecule has 0 aromatic heterocycles. The van der Waals surface area contributed by atoms with Crippen LogP contribution in [-0.4, -0.2) is 31.6 Å². The molecule has 1 rings (SSSR count). The molecule has 0 spiro atoms. The average Bonchev–Trinajstić information content (AvgIpc) is 2.08. The Kier molecular flexibility index (Phi) is 3.69. The van der Waals surface area contributed by atoms with E-state index < -0.39 is 21.7 Å². The van der Waals surface area contributed by atoms with Crippen molar-refractivity contribution in [2.24, 2.45) is 0 Å². The minimum atomic E-state index is -3.69. The van der Waals surface area contributed by atoms with Crippen LogP contribution in [0.25, 0.3) is 0 Å². The van der Waals surface area contributed by atoms with Crippen LogP contribution < -0.4 is 9.44 Å². The third-order valence-electron chi connectivity index (χ3n) is 2.49. The zero-order valence-corrected chi connectivity index (χ0v) is 9.43. The molecule has 0 aromatic carbocycles. The lowest BCUT2D eigenvalue weighted by molar-refractivity contribution is -0.147. The lowest BCUT2D eigenvalue weighted by Gasteiger charge is -2.37. The fraction of sp³-hybridized carbons (Fsp3) is 0.875. The third-order valence-corrected chi connectivity index (χ3v) is 3.73. The number of aliphatic carboxylic acids is 1. The van der Waals surface area contributed by atoms with Gasteiger partial charge >= 0.3 is 5.97 Å². The summed E-state index contributed by atoms with van der Waals surface area (Å²) < 4.78 is 27.3. The highest BCUT2D eigenvalue weighted by molar-refractivity contribution is 7.87. The smallest absolute Gasteiger partial charge is 0.324 e.